The molecule has 2 aromatic carbocycles. The average Bonchev–Trinajstić information content (AvgIpc) is 2.61. The summed E-state index contributed by atoms with van der Waals surface area (Å²) in [6.45, 7) is 4.05. The fourth-order valence-electron chi connectivity index (χ4n) is 2.37. The van der Waals surface area contributed by atoms with E-state index in [1.807, 2.05) is 56.3 Å². The van der Waals surface area contributed by atoms with Crippen LogP contribution in [0.5, 0.6) is 0 Å². The maximum absolute atomic E-state index is 12.3. The predicted octanol–water partition coefficient (Wildman–Crippen LogP) is 4.85. The van der Waals surface area contributed by atoms with Gasteiger partial charge in [-0.1, -0.05) is 34.1 Å². The van der Waals surface area contributed by atoms with Gasteiger partial charge in [0.1, 0.15) is 0 Å². The van der Waals surface area contributed by atoms with E-state index in [4.69, 9.17) is 0 Å². The lowest BCUT2D eigenvalue weighted by Crippen LogP contribution is -2.13. The molecule has 0 bridgehead atoms. The number of nitrogens with zero attached hydrogens (tertiary/aromatic N) is 2. The highest BCUT2D eigenvalue weighted by atomic mass is 79.9. The molecule has 0 radical (unpaired) electrons. The van der Waals surface area contributed by atoms with Crippen LogP contribution in [0.15, 0.2) is 59.3 Å². The Morgan fingerprint density at radius 2 is 1.56 bits per heavy atom. The van der Waals surface area contributed by atoms with Crippen molar-refractivity contribution < 1.29 is 4.79 Å². The third-order valence-corrected chi connectivity index (χ3v) is 4.26. The van der Waals surface area contributed by atoms with E-state index < -0.39 is 0 Å². The summed E-state index contributed by atoms with van der Waals surface area (Å²) < 4.78 is 0.954. The molecule has 0 atom stereocenters. The molecule has 0 aliphatic rings. The quantitative estimate of drug-likeness (QED) is 0.661. The lowest BCUT2D eigenvalue weighted by Gasteiger charge is -2.11. The fourth-order valence-corrected chi connectivity index (χ4v) is 2.63. The van der Waals surface area contributed by atoms with Crippen LogP contribution in [0.25, 0.3) is 0 Å². The summed E-state index contributed by atoms with van der Waals surface area (Å²) in [5.74, 6) is 0.207. The molecule has 1 heterocycles. The number of carbonyl (C=O) groups is 1. The van der Waals surface area contributed by atoms with E-state index in [1.165, 1.54) is 12.4 Å². The van der Waals surface area contributed by atoms with Crippen molar-refractivity contribution in [2.45, 2.75) is 13.8 Å². The van der Waals surface area contributed by atoms with Gasteiger partial charge < -0.3 is 10.6 Å². The summed E-state index contributed by atoms with van der Waals surface area (Å²) >= 11 is 3.36. The Morgan fingerprint density at radius 3 is 2.16 bits per heavy atom. The summed E-state index contributed by atoms with van der Waals surface area (Å²) in [5.41, 5.74) is 4.32. The Labute approximate surface area is 154 Å². The van der Waals surface area contributed by atoms with Gasteiger partial charge in [0.25, 0.3) is 5.91 Å². The number of aryl methyl sites for hydroxylation is 2. The average molecular weight is 397 g/mol. The van der Waals surface area contributed by atoms with Crippen LogP contribution in [0.4, 0.5) is 17.3 Å². The molecule has 0 spiro atoms. The van der Waals surface area contributed by atoms with Crippen molar-refractivity contribution in [2.75, 3.05) is 10.6 Å². The van der Waals surface area contributed by atoms with E-state index >= 15 is 0 Å². The van der Waals surface area contributed by atoms with Crippen LogP contribution in [0.3, 0.4) is 0 Å². The van der Waals surface area contributed by atoms with Crippen LogP contribution in [-0.4, -0.2) is 15.9 Å². The number of nitrogens with one attached hydrogen (secondary N) is 2. The van der Waals surface area contributed by atoms with E-state index in [0.29, 0.717) is 17.2 Å². The van der Waals surface area contributed by atoms with Crippen molar-refractivity contribution in [3.05, 3.63) is 76.0 Å². The van der Waals surface area contributed by atoms with E-state index in [9.17, 15) is 4.79 Å². The molecular formula is C19H17BrN4O. The zero-order valence-corrected chi connectivity index (χ0v) is 15.5. The highest BCUT2D eigenvalue weighted by Crippen LogP contribution is 2.22. The summed E-state index contributed by atoms with van der Waals surface area (Å²) in [5, 5.41) is 6.02. The second kappa shape index (κ2) is 7.44. The molecule has 0 saturated heterocycles. The van der Waals surface area contributed by atoms with Gasteiger partial charge in [0, 0.05) is 28.2 Å². The Hall–Kier alpha value is -2.73. The highest BCUT2D eigenvalue weighted by molar-refractivity contribution is 9.10. The maximum Gasteiger partial charge on any atom is 0.258 e. The molecule has 3 rings (SSSR count). The van der Waals surface area contributed by atoms with Gasteiger partial charge in [-0.2, -0.15) is 0 Å². The van der Waals surface area contributed by atoms with Gasteiger partial charge in [-0.05, 0) is 49.2 Å². The molecule has 6 heteroatoms. The molecule has 2 N–H and O–H groups in total. The molecule has 25 heavy (non-hydrogen) atoms. The topological polar surface area (TPSA) is 66.9 Å². The molecule has 0 aliphatic heterocycles. The van der Waals surface area contributed by atoms with Gasteiger partial charge in [0.15, 0.2) is 0 Å². The van der Waals surface area contributed by atoms with Crippen molar-refractivity contribution in [1.82, 2.24) is 9.97 Å². The Morgan fingerprint density at radius 1 is 0.960 bits per heavy atom. The minimum absolute atomic E-state index is 0.249. The third-order valence-electron chi connectivity index (χ3n) is 3.73. The van der Waals surface area contributed by atoms with Crippen LogP contribution in [0.2, 0.25) is 0 Å². The summed E-state index contributed by atoms with van der Waals surface area (Å²) in [7, 11) is 0. The molecule has 3 aromatic rings. The number of rotatable bonds is 4. The largest absolute Gasteiger partial charge is 0.324 e. The Bertz CT molecular complexity index is 872. The highest BCUT2D eigenvalue weighted by Gasteiger charge is 2.09. The van der Waals surface area contributed by atoms with Gasteiger partial charge in [-0.25, -0.2) is 9.97 Å². The van der Waals surface area contributed by atoms with E-state index in [1.54, 1.807) is 0 Å². The minimum atomic E-state index is -0.249. The van der Waals surface area contributed by atoms with Gasteiger partial charge in [-0.15, -0.1) is 0 Å². The number of para-hydroxylation sites is 1. The number of carbonyl (C=O) groups excluding carboxylic acids is 1. The number of hydrogen-bond acceptors (Lipinski definition) is 4. The van der Waals surface area contributed by atoms with Crippen LogP contribution >= 0.6 is 15.9 Å². The van der Waals surface area contributed by atoms with E-state index in [2.05, 4.69) is 36.5 Å². The van der Waals surface area contributed by atoms with Gasteiger partial charge >= 0.3 is 0 Å². The minimum Gasteiger partial charge on any atom is -0.324 e. The first-order valence-electron chi connectivity index (χ1n) is 7.75. The number of aromatic nitrogens is 2. The van der Waals surface area contributed by atoms with Crippen LogP contribution in [-0.2, 0) is 0 Å². The Balaban J connectivity index is 1.71. The normalized spacial score (nSPS) is 10.4. The monoisotopic (exact) mass is 396 g/mol. The zero-order valence-electron chi connectivity index (χ0n) is 13.9. The number of benzene rings is 2. The number of amides is 1. The number of anilines is 3. The standard InChI is InChI=1S/C19H17BrN4O/c1-12-4-3-5-13(2)17(12)24-19-21-10-14(11-22-19)18(25)23-16-8-6-15(20)7-9-16/h3-11H,1-2H3,(H,23,25)(H,21,22,24). The van der Waals surface area contributed by atoms with Crippen LogP contribution < -0.4 is 10.6 Å². The van der Waals surface area contributed by atoms with E-state index in [0.717, 1.165) is 21.3 Å². The molecule has 0 aliphatic carbocycles. The van der Waals surface area contributed by atoms with Crippen molar-refractivity contribution >= 4 is 39.2 Å². The molecule has 1 aromatic heterocycles. The van der Waals surface area contributed by atoms with Gasteiger partial charge in [0.2, 0.25) is 5.95 Å². The van der Waals surface area contributed by atoms with E-state index in [-0.39, 0.29) is 5.91 Å². The van der Waals surface area contributed by atoms with Crippen LogP contribution in [0.1, 0.15) is 21.5 Å². The molecule has 0 fully saturated rings. The zero-order chi connectivity index (χ0) is 17.8. The summed E-state index contributed by atoms with van der Waals surface area (Å²) in [6, 6.07) is 13.4. The van der Waals surface area contributed by atoms with Gasteiger partial charge in [-0.3, -0.25) is 4.79 Å². The van der Waals surface area contributed by atoms with Crippen molar-refractivity contribution in [2.24, 2.45) is 0 Å². The molecule has 0 unspecified atom stereocenters. The second-order valence-electron chi connectivity index (χ2n) is 5.65. The van der Waals surface area contributed by atoms with Crippen molar-refractivity contribution in [1.29, 1.82) is 0 Å². The molecule has 0 saturated carbocycles. The lowest BCUT2D eigenvalue weighted by atomic mass is 10.1. The first-order chi connectivity index (χ1) is 12.0. The first-order valence-corrected chi connectivity index (χ1v) is 8.54. The van der Waals surface area contributed by atoms with Gasteiger partial charge in [0.05, 0.1) is 5.56 Å². The molecule has 5 nitrogen and oxygen atoms in total. The third kappa shape index (κ3) is 4.22. The Kier molecular flexibility index (Phi) is 5.09. The predicted molar refractivity (Wildman–Crippen MR) is 103 cm³/mol. The smallest absolute Gasteiger partial charge is 0.258 e. The summed E-state index contributed by atoms with van der Waals surface area (Å²) in [4.78, 5) is 20.7. The summed E-state index contributed by atoms with van der Waals surface area (Å²) in [6.07, 6.45) is 3.02. The first kappa shape index (κ1) is 17.1. The van der Waals surface area contributed by atoms with Crippen molar-refractivity contribution in [3.63, 3.8) is 0 Å². The molecule has 1 amide bonds. The fraction of sp³-hybridized carbons (Fsp3) is 0.105. The maximum atomic E-state index is 12.3. The van der Waals surface area contributed by atoms with Crippen LogP contribution in [0, 0.1) is 13.8 Å². The number of hydrogen-bond donors (Lipinski definition) is 2. The second-order valence-corrected chi connectivity index (χ2v) is 6.56. The van der Waals surface area contributed by atoms with Crippen molar-refractivity contribution in [3.8, 4) is 0 Å². The molecule has 126 valence electrons. The lowest BCUT2D eigenvalue weighted by molar-refractivity contribution is 0.102. The SMILES string of the molecule is Cc1cccc(C)c1Nc1ncc(C(=O)Nc2ccc(Br)cc2)cn1. The molecular weight excluding hydrogens is 380 g/mol. The number of halogens is 1.